The molecule has 6 nitrogen and oxygen atoms in total. The average Bonchev–Trinajstić information content (AvgIpc) is 2.51. The van der Waals surface area contributed by atoms with E-state index in [1.54, 1.807) is 25.3 Å². The van der Waals surface area contributed by atoms with Crippen LogP contribution in [0.2, 0.25) is 0 Å². The van der Waals surface area contributed by atoms with Gasteiger partial charge < -0.3 is 19.9 Å². The summed E-state index contributed by atoms with van der Waals surface area (Å²) in [7, 11) is 3.05. The third-order valence-corrected chi connectivity index (χ3v) is 4.36. The molecular formula is C18H23NO5. The van der Waals surface area contributed by atoms with Crippen molar-refractivity contribution < 1.29 is 24.2 Å². The maximum atomic E-state index is 12.6. The number of hydrogen-bond acceptors (Lipinski definition) is 4. The molecule has 24 heavy (non-hydrogen) atoms. The smallest absolute Gasteiger partial charge is 0.305 e. The van der Waals surface area contributed by atoms with E-state index in [9.17, 15) is 9.59 Å². The predicted molar refractivity (Wildman–Crippen MR) is 89.7 cm³/mol. The van der Waals surface area contributed by atoms with Gasteiger partial charge in [-0.05, 0) is 37.8 Å². The van der Waals surface area contributed by atoms with Crippen LogP contribution in [0.25, 0.3) is 0 Å². The van der Waals surface area contributed by atoms with E-state index in [0.29, 0.717) is 36.3 Å². The lowest BCUT2D eigenvalue weighted by atomic mass is 9.74. The van der Waals surface area contributed by atoms with Crippen LogP contribution in [0.15, 0.2) is 24.8 Å². The van der Waals surface area contributed by atoms with Gasteiger partial charge in [-0.15, -0.1) is 6.58 Å². The van der Waals surface area contributed by atoms with Crippen molar-refractivity contribution in [3.05, 3.63) is 35.9 Å². The van der Waals surface area contributed by atoms with Gasteiger partial charge in [-0.1, -0.05) is 6.08 Å². The summed E-state index contributed by atoms with van der Waals surface area (Å²) in [5, 5.41) is 12.0. The highest BCUT2D eigenvalue weighted by molar-refractivity contribution is 5.96. The Bertz CT molecular complexity index is 649. The van der Waals surface area contributed by atoms with Gasteiger partial charge in [0.25, 0.3) is 5.91 Å². The quantitative estimate of drug-likeness (QED) is 0.714. The second-order valence-corrected chi connectivity index (χ2v) is 6.02. The van der Waals surface area contributed by atoms with Crippen LogP contribution in [0.4, 0.5) is 0 Å². The number of allylic oxidation sites excluding steroid dienone is 1. The van der Waals surface area contributed by atoms with Crippen LogP contribution in [0, 0.1) is 0 Å². The Labute approximate surface area is 141 Å². The Hall–Kier alpha value is -2.50. The van der Waals surface area contributed by atoms with Crippen LogP contribution < -0.4 is 14.8 Å². The molecule has 1 aromatic rings. The highest BCUT2D eigenvalue weighted by atomic mass is 16.5. The standard InChI is InChI=1S/C18H23NO5/c1-4-6-12-9-13(10-14(23-2)16(12)24-3)17(22)19-18(7-5-8-18)11-15(20)21/h4,9-10H,1,5-8,11H2,2-3H3,(H,19,22)(H,20,21). The molecule has 0 aliphatic heterocycles. The van der Waals surface area contributed by atoms with Crippen molar-refractivity contribution in [1.29, 1.82) is 0 Å². The second kappa shape index (κ2) is 7.38. The largest absolute Gasteiger partial charge is 0.493 e. The molecular weight excluding hydrogens is 310 g/mol. The number of carbonyl (C=O) groups is 2. The summed E-state index contributed by atoms with van der Waals surface area (Å²) in [5.41, 5.74) is 0.563. The van der Waals surface area contributed by atoms with Crippen molar-refractivity contribution in [1.82, 2.24) is 5.32 Å². The summed E-state index contributed by atoms with van der Waals surface area (Å²) in [4.78, 5) is 23.7. The molecule has 2 rings (SSSR count). The lowest BCUT2D eigenvalue weighted by Crippen LogP contribution is -2.54. The van der Waals surface area contributed by atoms with Gasteiger partial charge in [0, 0.05) is 11.1 Å². The van der Waals surface area contributed by atoms with E-state index in [1.165, 1.54) is 7.11 Å². The van der Waals surface area contributed by atoms with Crippen molar-refractivity contribution in [2.75, 3.05) is 14.2 Å². The van der Waals surface area contributed by atoms with Gasteiger partial charge in [0.15, 0.2) is 11.5 Å². The maximum absolute atomic E-state index is 12.6. The Morgan fingerprint density at radius 1 is 1.33 bits per heavy atom. The fraction of sp³-hybridized carbons (Fsp3) is 0.444. The van der Waals surface area contributed by atoms with Gasteiger partial charge in [-0.25, -0.2) is 0 Å². The van der Waals surface area contributed by atoms with E-state index in [4.69, 9.17) is 14.6 Å². The lowest BCUT2D eigenvalue weighted by molar-refractivity contribution is -0.139. The molecule has 0 bridgehead atoms. The number of hydrogen-bond donors (Lipinski definition) is 2. The van der Waals surface area contributed by atoms with Crippen LogP contribution in [-0.2, 0) is 11.2 Å². The second-order valence-electron chi connectivity index (χ2n) is 6.02. The number of methoxy groups -OCH3 is 2. The first kappa shape index (κ1) is 17.8. The molecule has 0 saturated heterocycles. The summed E-state index contributed by atoms with van der Waals surface area (Å²) in [6.07, 6.45) is 4.46. The van der Waals surface area contributed by atoms with Crippen molar-refractivity contribution in [3.63, 3.8) is 0 Å². The average molecular weight is 333 g/mol. The van der Waals surface area contributed by atoms with Gasteiger partial charge in [-0.3, -0.25) is 9.59 Å². The summed E-state index contributed by atoms with van der Waals surface area (Å²) in [5.74, 6) is -0.183. The number of amides is 1. The normalized spacial score (nSPS) is 15.1. The number of benzene rings is 1. The Morgan fingerprint density at radius 2 is 2.04 bits per heavy atom. The zero-order valence-corrected chi connectivity index (χ0v) is 14.1. The number of rotatable bonds is 8. The fourth-order valence-electron chi connectivity index (χ4n) is 3.03. The van der Waals surface area contributed by atoms with Crippen LogP contribution in [0.5, 0.6) is 11.5 Å². The van der Waals surface area contributed by atoms with Crippen molar-refractivity contribution in [3.8, 4) is 11.5 Å². The van der Waals surface area contributed by atoms with Crippen molar-refractivity contribution in [2.45, 2.75) is 37.6 Å². The molecule has 1 aliphatic carbocycles. The highest BCUT2D eigenvalue weighted by Gasteiger charge is 2.40. The first-order valence-corrected chi connectivity index (χ1v) is 7.85. The lowest BCUT2D eigenvalue weighted by Gasteiger charge is -2.41. The Balaban J connectivity index is 2.30. The van der Waals surface area contributed by atoms with E-state index in [-0.39, 0.29) is 12.3 Å². The summed E-state index contributed by atoms with van der Waals surface area (Å²) >= 11 is 0. The van der Waals surface area contributed by atoms with Gasteiger partial charge >= 0.3 is 5.97 Å². The summed E-state index contributed by atoms with van der Waals surface area (Å²) in [6, 6.07) is 3.33. The number of nitrogens with one attached hydrogen (secondary N) is 1. The minimum absolute atomic E-state index is 0.0639. The van der Waals surface area contributed by atoms with Gasteiger partial charge in [0.05, 0.1) is 26.2 Å². The fourth-order valence-corrected chi connectivity index (χ4v) is 3.03. The highest BCUT2D eigenvalue weighted by Crippen LogP contribution is 2.36. The molecule has 0 unspecified atom stereocenters. The molecule has 1 aliphatic rings. The molecule has 130 valence electrons. The minimum atomic E-state index is -0.908. The Kier molecular flexibility index (Phi) is 5.49. The van der Waals surface area contributed by atoms with E-state index >= 15 is 0 Å². The minimum Gasteiger partial charge on any atom is -0.493 e. The van der Waals surface area contributed by atoms with Crippen LogP contribution in [0.1, 0.15) is 41.6 Å². The van der Waals surface area contributed by atoms with Crippen LogP contribution >= 0.6 is 0 Å². The molecule has 1 amide bonds. The SMILES string of the molecule is C=CCc1cc(C(=O)NC2(CC(=O)O)CCC2)cc(OC)c1OC. The molecule has 1 saturated carbocycles. The molecule has 6 heteroatoms. The first-order valence-electron chi connectivity index (χ1n) is 7.85. The number of carbonyl (C=O) groups excluding carboxylic acids is 1. The van der Waals surface area contributed by atoms with Gasteiger partial charge in [0.2, 0.25) is 0 Å². The first-order chi connectivity index (χ1) is 11.4. The van der Waals surface area contributed by atoms with E-state index in [1.807, 2.05) is 0 Å². The summed E-state index contributed by atoms with van der Waals surface area (Å²) in [6.45, 7) is 3.71. The number of carboxylic acid groups (broad SMARTS) is 1. The monoisotopic (exact) mass is 333 g/mol. The number of carboxylic acids is 1. The predicted octanol–water partition coefficient (Wildman–Crippen LogP) is 2.56. The topological polar surface area (TPSA) is 84.9 Å². The summed E-state index contributed by atoms with van der Waals surface area (Å²) < 4.78 is 10.7. The van der Waals surface area contributed by atoms with Crippen molar-refractivity contribution >= 4 is 11.9 Å². The van der Waals surface area contributed by atoms with Gasteiger partial charge in [0.1, 0.15) is 0 Å². The van der Waals surface area contributed by atoms with E-state index < -0.39 is 11.5 Å². The molecule has 1 aromatic carbocycles. The third-order valence-electron chi connectivity index (χ3n) is 4.36. The Morgan fingerprint density at radius 3 is 2.50 bits per heavy atom. The van der Waals surface area contributed by atoms with Crippen LogP contribution in [-0.4, -0.2) is 36.7 Å². The van der Waals surface area contributed by atoms with Gasteiger partial charge in [-0.2, -0.15) is 0 Å². The van der Waals surface area contributed by atoms with E-state index in [2.05, 4.69) is 11.9 Å². The molecule has 0 atom stereocenters. The maximum Gasteiger partial charge on any atom is 0.305 e. The molecule has 0 heterocycles. The molecule has 0 spiro atoms. The zero-order valence-electron chi connectivity index (χ0n) is 14.1. The molecule has 0 aromatic heterocycles. The van der Waals surface area contributed by atoms with E-state index in [0.717, 1.165) is 12.0 Å². The zero-order chi connectivity index (χ0) is 17.7. The third kappa shape index (κ3) is 3.69. The molecule has 1 fully saturated rings. The van der Waals surface area contributed by atoms with Crippen molar-refractivity contribution in [2.24, 2.45) is 0 Å². The number of ether oxygens (including phenoxy) is 2. The number of aliphatic carboxylic acids is 1. The molecule has 0 radical (unpaired) electrons. The molecule has 2 N–H and O–H groups in total. The van der Waals surface area contributed by atoms with Crippen LogP contribution in [0.3, 0.4) is 0 Å².